The first-order chi connectivity index (χ1) is 18.5. The van der Waals surface area contributed by atoms with E-state index in [1.54, 1.807) is 24.3 Å². The van der Waals surface area contributed by atoms with Crippen molar-refractivity contribution < 1.29 is 19.1 Å². The van der Waals surface area contributed by atoms with Crippen molar-refractivity contribution in [1.82, 2.24) is 0 Å². The van der Waals surface area contributed by atoms with Crippen LogP contribution in [0, 0.1) is 0 Å². The predicted molar refractivity (Wildman–Crippen MR) is 153 cm³/mol. The number of carbonyl (C=O) groups is 3. The van der Waals surface area contributed by atoms with Crippen LogP contribution in [0.4, 0.5) is 0 Å². The van der Waals surface area contributed by atoms with E-state index >= 15 is 0 Å². The molecule has 0 atom stereocenters. The number of fused-ring (bicyclic) bond motifs is 1. The fourth-order valence-electron chi connectivity index (χ4n) is 5.11. The molecule has 0 aromatic heterocycles. The Morgan fingerprint density at radius 1 is 0.632 bits per heavy atom. The molecule has 5 rings (SSSR count). The van der Waals surface area contributed by atoms with Gasteiger partial charge in [-0.15, -0.1) is 0 Å². The molecule has 4 aromatic carbocycles. The quantitative estimate of drug-likeness (QED) is 0.223. The Balaban J connectivity index is 1.41. The smallest absolute Gasteiger partial charge is 0.311 e. The molecule has 0 unspecified atom stereocenters. The lowest BCUT2D eigenvalue weighted by molar-refractivity contribution is -0.139. The molecule has 0 spiro atoms. The normalized spacial score (nSPS) is 13.3. The van der Waals surface area contributed by atoms with E-state index in [0.717, 1.165) is 6.16 Å². The summed E-state index contributed by atoms with van der Waals surface area (Å²) in [6.07, 6.45) is 1.46. The minimum Gasteiger partial charge on any atom is -0.422 e. The first kappa shape index (κ1) is 25.5. The Kier molecular flexibility index (Phi) is 7.44. The van der Waals surface area contributed by atoms with Gasteiger partial charge >= 0.3 is 5.97 Å². The Morgan fingerprint density at radius 2 is 1.05 bits per heavy atom. The van der Waals surface area contributed by atoms with Crippen molar-refractivity contribution in [3.8, 4) is 0 Å². The van der Waals surface area contributed by atoms with Gasteiger partial charge in [-0.2, -0.15) is 0 Å². The summed E-state index contributed by atoms with van der Waals surface area (Å²) in [5, 5.41) is 3.73. The third-order valence-corrected chi connectivity index (χ3v) is 11.5. The van der Waals surface area contributed by atoms with E-state index in [0.29, 0.717) is 12.0 Å². The fraction of sp³-hybridized carbons (Fsp3) is 0.121. The average Bonchev–Trinajstić information content (AvgIpc) is 2.98. The number of carbonyl (C=O) groups excluding carboxylic acids is 3. The first-order valence-electron chi connectivity index (χ1n) is 12.7. The number of hydrogen-bond donors (Lipinski definition) is 0. The van der Waals surface area contributed by atoms with Crippen LogP contribution in [0.5, 0.6) is 0 Å². The van der Waals surface area contributed by atoms with E-state index < -0.39 is 19.0 Å². The zero-order chi connectivity index (χ0) is 26.5. The molecule has 38 heavy (non-hydrogen) atoms. The highest BCUT2D eigenvalue weighted by Crippen LogP contribution is 2.55. The molecule has 1 aliphatic rings. The second kappa shape index (κ2) is 11.1. The number of ether oxygens (including phenoxy) is 1. The number of Topliss-reactive ketones (excluding diaryl/α,β-unsaturated/α-hetero) is 2. The van der Waals surface area contributed by atoms with Crippen LogP contribution in [0.25, 0.3) is 0 Å². The summed E-state index contributed by atoms with van der Waals surface area (Å²) in [7, 11) is -2.07. The lowest BCUT2D eigenvalue weighted by Gasteiger charge is -2.27. The minimum atomic E-state index is -2.07. The van der Waals surface area contributed by atoms with Gasteiger partial charge in [0.2, 0.25) is 5.78 Å². The van der Waals surface area contributed by atoms with E-state index in [1.807, 2.05) is 18.2 Å². The van der Waals surface area contributed by atoms with Crippen LogP contribution in [-0.2, 0) is 9.53 Å². The molecule has 188 valence electrons. The number of ketones is 2. The number of allylic oxidation sites excluding steroid dienone is 2. The van der Waals surface area contributed by atoms with Crippen LogP contribution in [0.1, 0.15) is 40.5 Å². The SMILES string of the molecule is CC1=C(OC(=O)CCC[P+](c2ccccc2)(c2ccccc2)c2ccccc2)C(=O)c2ccccc2C1=O. The molecule has 0 saturated carbocycles. The molecule has 0 saturated heterocycles. The van der Waals surface area contributed by atoms with E-state index in [4.69, 9.17) is 4.74 Å². The molecular formula is C33H28O4P+. The second-order valence-corrected chi connectivity index (χ2v) is 12.9. The molecule has 0 amide bonds. The molecule has 0 heterocycles. The zero-order valence-corrected chi connectivity index (χ0v) is 22.1. The predicted octanol–water partition coefficient (Wildman–Crippen LogP) is 5.66. The summed E-state index contributed by atoms with van der Waals surface area (Å²) in [5.41, 5.74) is 0.785. The van der Waals surface area contributed by atoms with Gasteiger partial charge in [0, 0.05) is 23.1 Å². The van der Waals surface area contributed by atoms with Crippen molar-refractivity contribution in [3.05, 3.63) is 138 Å². The summed E-state index contributed by atoms with van der Waals surface area (Å²) < 4.78 is 5.56. The Morgan fingerprint density at radius 3 is 1.53 bits per heavy atom. The monoisotopic (exact) mass is 519 g/mol. The van der Waals surface area contributed by atoms with Gasteiger partial charge in [-0.3, -0.25) is 14.4 Å². The van der Waals surface area contributed by atoms with Gasteiger partial charge in [0.15, 0.2) is 11.5 Å². The van der Waals surface area contributed by atoms with Gasteiger partial charge in [-0.05, 0) is 49.7 Å². The Labute approximate surface area is 223 Å². The molecule has 5 heteroatoms. The molecule has 0 fully saturated rings. The van der Waals surface area contributed by atoms with Crippen molar-refractivity contribution in [2.45, 2.75) is 19.8 Å². The van der Waals surface area contributed by atoms with Crippen LogP contribution in [0.15, 0.2) is 127 Å². The van der Waals surface area contributed by atoms with Crippen molar-refractivity contribution in [2.75, 3.05) is 6.16 Å². The van der Waals surface area contributed by atoms with Crippen LogP contribution in [-0.4, -0.2) is 23.7 Å². The highest BCUT2D eigenvalue weighted by atomic mass is 31.2. The van der Waals surface area contributed by atoms with Gasteiger partial charge < -0.3 is 4.74 Å². The summed E-state index contributed by atoms with van der Waals surface area (Å²) in [5.74, 6) is -1.38. The number of hydrogen-bond acceptors (Lipinski definition) is 4. The van der Waals surface area contributed by atoms with Gasteiger partial charge in [-0.1, -0.05) is 78.9 Å². The van der Waals surface area contributed by atoms with Crippen LogP contribution in [0.3, 0.4) is 0 Å². The van der Waals surface area contributed by atoms with Gasteiger partial charge in [-0.25, -0.2) is 0 Å². The zero-order valence-electron chi connectivity index (χ0n) is 21.2. The summed E-state index contributed by atoms with van der Waals surface area (Å²) in [4.78, 5) is 38.8. The molecule has 0 bridgehead atoms. The maximum Gasteiger partial charge on any atom is 0.311 e. The van der Waals surface area contributed by atoms with E-state index in [9.17, 15) is 14.4 Å². The summed E-state index contributed by atoms with van der Waals surface area (Å²) >= 11 is 0. The number of esters is 1. The van der Waals surface area contributed by atoms with E-state index in [-0.39, 0.29) is 29.1 Å². The van der Waals surface area contributed by atoms with Gasteiger partial charge in [0.05, 0.1) is 6.16 Å². The maximum atomic E-state index is 13.0. The fourth-order valence-corrected chi connectivity index (χ4v) is 9.45. The van der Waals surface area contributed by atoms with Crippen molar-refractivity contribution in [1.29, 1.82) is 0 Å². The van der Waals surface area contributed by atoms with E-state index in [1.165, 1.54) is 22.8 Å². The lowest BCUT2D eigenvalue weighted by atomic mass is 9.89. The highest BCUT2D eigenvalue weighted by molar-refractivity contribution is 7.95. The lowest BCUT2D eigenvalue weighted by Crippen LogP contribution is -2.33. The molecule has 4 nitrogen and oxygen atoms in total. The third-order valence-electron chi connectivity index (χ3n) is 6.98. The van der Waals surface area contributed by atoms with Crippen molar-refractivity contribution in [3.63, 3.8) is 0 Å². The Bertz CT molecular complexity index is 1410. The molecule has 0 aliphatic heterocycles. The maximum absolute atomic E-state index is 13.0. The van der Waals surface area contributed by atoms with Crippen LogP contribution in [0.2, 0.25) is 0 Å². The number of benzene rings is 4. The minimum absolute atomic E-state index is 0.133. The van der Waals surface area contributed by atoms with E-state index in [2.05, 4.69) is 72.8 Å². The second-order valence-electron chi connectivity index (χ2n) is 9.28. The summed E-state index contributed by atoms with van der Waals surface area (Å²) in [6.45, 7) is 1.54. The molecule has 4 aromatic rings. The van der Waals surface area contributed by atoms with Crippen LogP contribution >= 0.6 is 7.26 Å². The largest absolute Gasteiger partial charge is 0.422 e. The van der Waals surface area contributed by atoms with Crippen molar-refractivity contribution >= 4 is 40.7 Å². The molecule has 0 N–H and O–H groups in total. The van der Waals surface area contributed by atoms with Crippen LogP contribution < -0.4 is 15.9 Å². The standard InChI is InChI=1S/C33H28O4P/c1-24-31(35)28-20-11-12-21-29(28)32(36)33(24)37-30(34)22-13-23-38(25-14-5-2-6-15-25,26-16-7-3-8-17-26)27-18-9-4-10-19-27/h2-12,14-21H,13,22-23H2,1H3/q+1. The summed E-state index contributed by atoms with van der Waals surface area (Å²) in [6, 6.07) is 38.1. The third kappa shape index (κ3) is 4.76. The van der Waals surface area contributed by atoms with Gasteiger partial charge in [0.1, 0.15) is 23.2 Å². The average molecular weight is 520 g/mol. The molecular weight excluding hydrogens is 491 g/mol. The topological polar surface area (TPSA) is 60.4 Å². The van der Waals surface area contributed by atoms with Crippen molar-refractivity contribution in [2.24, 2.45) is 0 Å². The molecule has 0 radical (unpaired) electrons. The van der Waals surface area contributed by atoms with Gasteiger partial charge in [0.25, 0.3) is 0 Å². The Hall–Kier alpha value is -4.14. The molecule has 1 aliphatic carbocycles. The number of rotatable bonds is 8. The first-order valence-corrected chi connectivity index (χ1v) is 14.6. The highest BCUT2D eigenvalue weighted by Gasteiger charge is 2.44.